The van der Waals surface area contributed by atoms with Crippen molar-refractivity contribution in [2.75, 3.05) is 0 Å². The van der Waals surface area contributed by atoms with Crippen LogP contribution in [0, 0.1) is 5.82 Å². The molecule has 1 heterocycles. The highest BCUT2D eigenvalue weighted by Gasteiger charge is 2.20. The van der Waals surface area contributed by atoms with Gasteiger partial charge in [-0.1, -0.05) is 6.92 Å². The molecule has 0 atom stereocenters. The minimum absolute atomic E-state index is 0. The summed E-state index contributed by atoms with van der Waals surface area (Å²) in [6.45, 7) is 3.24. The Morgan fingerprint density at radius 3 is 2.88 bits per heavy atom. The molecule has 3 N–H and O–H groups in total. The zero-order valence-corrected chi connectivity index (χ0v) is 10.3. The van der Waals surface area contributed by atoms with Gasteiger partial charge in [0.25, 0.3) is 0 Å². The summed E-state index contributed by atoms with van der Waals surface area (Å²) in [5.74, 6) is -0.115. The van der Waals surface area contributed by atoms with Crippen LogP contribution in [0.15, 0.2) is 18.2 Å². The predicted octanol–water partition coefficient (Wildman–Crippen LogP) is 3.84. The number of nitrogens with zero attached hydrogens (tertiary/aromatic N) is 1. The van der Waals surface area contributed by atoms with E-state index in [1.807, 2.05) is 6.07 Å². The number of aromatic nitrogens is 1. The zero-order valence-electron chi connectivity index (χ0n) is 10.3. The third kappa shape index (κ3) is 1.75. The summed E-state index contributed by atoms with van der Waals surface area (Å²) < 4.78 is 15.7. The Kier molecular flexibility index (Phi) is 3.20. The highest BCUT2D eigenvalue weighted by Crippen LogP contribution is 2.33. The lowest BCUT2D eigenvalue weighted by atomic mass is 10.1. The Hall–Kier alpha value is -1.35. The van der Waals surface area contributed by atoms with Crippen LogP contribution in [0.25, 0.3) is 10.9 Å². The molecular weight excluding hydrogens is 215 g/mol. The van der Waals surface area contributed by atoms with Crippen LogP contribution in [0.4, 0.5) is 4.39 Å². The number of hydrogen-bond acceptors (Lipinski definition) is 1. The minimum atomic E-state index is -0.115. The van der Waals surface area contributed by atoms with E-state index in [1.54, 1.807) is 12.1 Å². The molecule has 0 radical (unpaired) electrons. The van der Waals surface area contributed by atoms with Gasteiger partial charge in [0.15, 0.2) is 0 Å². The van der Waals surface area contributed by atoms with Gasteiger partial charge in [-0.25, -0.2) is 4.39 Å². The standard InChI is InChI=1S/C14H16FN.H3N/c1-2-8-16-13-5-3-4-11(13)12-9-10(15)6-7-14(12)16;/h6-7,9H,2-5,8H2,1H3;1H3. The molecular formula is C14H19FN2. The van der Waals surface area contributed by atoms with E-state index < -0.39 is 0 Å². The minimum Gasteiger partial charge on any atom is -0.344 e. The topological polar surface area (TPSA) is 39.9 Å². The predicted molar refractivity (Wildman–Crippen MR) is 69.2 cm³/mol. The average Bonchev–Trinajstić information content (AvgIpc) is 2.82. The van der Waals surface area contributed by atoms with Crippen molar-refractivity contribution in [2.24, 2.45) is 0 Å². The second-order valence-corrected chi connectivity index (χ2v) is 4.59. The van der Waals surface area contributed by atoms with Crippen LogP contribution in [0.3, 0.4) is 0 Å². The van der Waals surface area contributed by atoms with Crippen molar-refractivity contribution in [1.82, 2.24) is 10.7 Å². The van der Waals surface area contributed by atoms with E-state index in [0.717, 1.165) is 31.2 Å². The molecule has 0 unspecified atom stereocenters. The van der Waals surface area contributed by atoms with E-state index in [0.29, 0.717) is 0 Å². The molecule has 1 aromatic heterocycles. The van der Waals surface area contributed by atoms with Crippen molar-refractivity contribution in [3.63, 3.8) is 0 Å². The first-order valence-electron chi connectivity index (χ1n) is 6.10. The van der Waals surface area contributed by atoms with Gasteiger partial charge in [0.2, 0.25) is 0 Å². The van der Waals surface area contributed by atoms with Crippen LogP contribution >= 0.6 is 0 Å². The van der Waals surface area contributed by atoms with Crippen LogP contribution in [0.2, 0.25) is 0 Å². The summed E-state index contributed by atoms with van der Waals surface area (Å²) in [6, 6.07) is 5.20. The third-order valence-electron chi connectivity index (χ3n) is 3.54. The van der Waals surface area contributed by atoms with Gasteiger partial charge in [0.1, 0.15) is 5.82 Å². The molecule has 1 aliphatic rings. The average molecular weight is 234 g/mol. The van der Waals surface area contributed by atoms with Crippen LogP contribution < -0.4 is 6.15 Å². The summed E-state index contributed by atoms with van der Waals surface area (Å²) in [5.41, 5.74) is 4.05. The van der Waals surface area contributed by atoms with E-state index >= 15 is 0 Å². The molecule has 0 aliphatic heterocycles. The van der Waals surface area contributed by atoms with E-state index in [-0.39, 0.29) is 12.0 Å². The fourth-order valence-electron chi connectivity index (χ4n) is 2.93. The Bertz CT molecular complexity index is 543. The van der Waals surface area contributed by atoms with Gasteiger partial charge in [-0.15, -0.1) is 0 Å². The van der Waals surface area contributed by atoms with Crippen molar-refractivity contribution in [1.29, 1.82) is 0 Å². The molecule has 0 amide bonds. The second kappa shape index (κ2) is 4.49. The van der Waals surface area contributed by atoms with Crippen molar-refractivity contribution in [3.05, 3.63) is 35.3 Å². The van der Waals surface area contributed by atoms with Crippen molar-refractivity contribution in [3.8, 4) is 0 Å². The molecule has 17 heavy (non-hydrogen) atoms. The fourth-order valence-corrected chi connectivity index (χ4v) is 2.93. The number of hydrogen-bond donors (Lipinski definition) is 1. The Morgan fingerprint density at radius 1 is 1.29 bits per heavy atom. The molecule has 2 aromatic rings. The highest BCUT2D eigenvalue weighted by molar-refractivity contribution is 5.86. The maximum atomic E-state index is 13.3. The second-order valence-electron chi connectivity index (χ2n) is 4.59. The molecule has 0 fully saturated rings. The van der Waals surface area contributed by atoms with Crippen LogP contribution in [0.1, 0.15) is 31.0 Å². The Labute approximate surface area is 101 Å². The van der Waals surface area contributed by atoms with Crippen molar-refractivity contribution >= 4 is 10.9 Å². The number of benzene rings is 1. The summed E-state index contributed by atoms with van der Waals surface area (Å²) in [4.78, 5) is 0. The number of rotatable bonds is 2. The molecule has 0 saturated carbocycles. The van der Waals surface area contributed by atoms with Gasteiger partial charge >= 0.3 is 0 Å². The molecule has 2 nitrogen and oxygen atoms in total. The number of aryl methyl sites for hydroxylation is 2. The van der Waals surface area contributed by atoms with Crippen molar-refractivity contribution in [2.45, 2.75) is 39.2 Å². The van der Waals surface area contributed by atoms with E-state index in [2.05, 4.69) is 11.5 Å². The first-order chi connectivity index (χ1) is 7.81. The van der Waals surface area contributed by atoms with Crippen molar-refractivity contribution < 1.29 is 4.39 Å². The van der Waals surface area contributed by atoms with Gasteiger partial charge in [0.05, 0.1) is 0 Å². The largest absolute Gasteiger partial charge is 0.344 e. The smallest absolute Gasteiger partial charge is 0.123 e. The molecule has 3 heteroatoms. The summed E-state index contributed by atoms with van der Waals surface area (Å²) >= 11 is 0. The lowest BCUT2D eigenvalue weighted by Gasteiger charge is -2.07. The molecule has 0 bridgehead atoms. The zero-order chi connectivity index (χ0) is 11.1. The SMILES string of the molecule is CCCn1c2c(c3cc(F)ccc31)CCC2.N. The highest BCUT2D eigenvalue weighted by atomic mass is 19.1. The molecule has 1 aromatic carbocycles. The van der Waals surface area contributed by atoms with Gasteiger partial charge in [-0.2, -0.15) is 0 Å². The summed E-state index contributed by atoms with van der Waals surface area (Å²) in [6.07, 6.45) is 4.63. The lowest BCUT2D eigenvalue weighted by molar-refractivity contribution is 0.628. The molecule has 0 spiro atoms. The van der Waals surface area contributed by atoms with Gasteiger partial charge < -0.3 is 10.7 Å². The normalized spacial score (nSPS) is 13.8. The van der Waals surface area contributed by atoms with Gasteiger partial charge in [0, 0.05) is 23.1 Å². The quantitative estimate of drug-likeness (QED) is 0.842. The molecule has 92 valence electrons. The molecule has 1 aliphatic carbocycles. The third-order valence-corrected chi connectivity index (χ3v) is 3.54. The Balaban J connectivity index is 0.00000108. The Morgan fingerprint density at radius 2 is 2.12 bits per heavy atom. The number of halogens is 1. The maximum absolute atomic E-state index is 13.3. The number of fused-ring (bicyclic) bond motifs is 3. The monoisotopic (exact) mass is 234 g/mol. The first kappa shape index (κ1) is 12.1. The molecule has 3 rings (SSSR count). The van der Waals surface area contributed by atoms with Gasteiger partial charge in [-0.3, -0.25) is 0 Å². The van der Waals surface area contributed by atoms with Gasteiger partial charge in [-0.05, 0) is 49.4 Å². The lowest BCUT2D eigenvalue weighted by Crippen LogP contribution is -2.00. The van der Waals surface area contributed by atoms with Crippen LogP contribution in [-0.4, -0.2) is 4.57 Å². The molecule has 0 saturated heterocycles. The maximum Gasteiger partial charge on any atom is 0.123 e. The van der Waals surface area contributed by atoms with E-state index in [1.165, 1.54) is 23.2 Å². The van der Waals surface area contributed by atoms with Crippen LogP contribution in [-0.2, 0) is 19.4 Å². The summed E-state index contributed by atoms with van der Waals surface area (Å²) in [7, 11) is 0. The van der Waals surface area contributed by atoms with Crippen LogP contribution in [0.5, 0.6) is 0 Å². The summed E-state index contributed by atoms with van der Waals surface area (Å²) in [5, 5.41) is 1.14. The first-order valence-corrected chi connectivity index (χ1v) is 6.10. The fraction of sp³-hybridized carbons (Fsp3) is 0.429. The van der Waals surface area contributed by atoms with E-state index in [4.69, 9.17) is 0 Å². The van der Waals surface area contributed by atoms with E-state index in [9.17, 15) is 4.39 Å².